The van der Waals surface area contributed by atoms with Gasteiger partial charge in [-0.15, -0.1) is 0 Å². The quantitative estimate of drug-likeness (QED) is 0.624. The van der Waals surface area contributed by atoms with E-state index in [2.05, 4.69) is 25.7 Å². The van der Waals surface area contributed by atoms with Crippen molar-refractivity contribution in [1.82, 2.24) is 30.0 Å². The fraction of sp³-hybridized carbons (Fsp3) is 0.652. The molecule has 3 unspecified atom stereocenters. The summed E-state index contributed by atoms with van der Waals surface area (Å²) in [7, 11) is 1.71. The van der Waals surface area contributed by atoms with Crippen LogP contribution in [0.5, 0.6) is 0 Å². The number of hydrogen-bond acceptors (Lipinski definition) is 9. The lowest BCUT2D eigenvalue weighted by Gasteiger charge is -2.41. The molecular weight excluding hydrogens is 438 g/mol. The fourth-order valence-electron chi connectivity index (χ4n) is 4.46. The largest absolute Gasteiger partial charge is 0.447 e. The highest BCUT2D eigenvalue weighted by atomic mass is 16.6. The van der Waals surface area contributed by atoms with E-state index in [9.17, 15) is 4.79 Å². The number of likely N-dealkylation sites (tertiary alicyclic amines) is 1. The van der Waals surface area contributed by atoms with E-state index in [0.29, 0.717) is 18.9 Å². The van der Waals surface area contributed by atoms with Crippen molar-refractivity contribution in [3.8, 4) is 5.82 Å². The Kier molecular flexibility index (Phi) is 7.96. The van der Waals surface area contributed by atoms with Crippen molar-refractivity contribution in [2.75, 3.05) is 32.1 Å². The zero-order chi connectivity index (χ0) is 24.1. The number of carbonyl (C=O) groups excluding carboxylic acids is 1. The first kappa shape index (κ1) is 24.4. The highest BCUT2D eigenvalue weighted by Gasteiger charge is 2.37. The number of aromatic nitrogens is 4. The smallest absolute Gasteiger partial charge is 0.410 e. The molecule has 3 atom stereocenters. The van der Waals surface area contributed by atoms with Gasteiger partial charge in [0.25, 0.3) is 0 Å². The number of nitrogens with one attached hydrogen (secondary N) is 2. The van der Waals surface area contributed by atoms with Gasteiger partial charge in [-0.2, -0.15) is 5.10 Å². The Morgan fingerprint density at radius 2 is 2.03 bits per heavy atom. The maximum absolute atomic E-state index is 12.1. The van der Waals surface area contributed by atoms with Crippen molar-refractivity contribution >= 4 is 11.8 Å². The topological polar surface area (TPSA) is 116 Å². The van der Waals surface area contributed by atoms with Crippen molar-refractivity contribution in [1.29, 1.82) is 0 Å². The summed E-state index contributed by atoms with van der Waals surface area (Å²) in [6, 6.07) is 3.89. The van der Waals surface area contributed by atoms with Crippen LogP contribution in [0.25, 0.3) is 5.82 Å². The predicted octanol–water partition coefficient (Wildman–Crippen LogP) is 2.11. The first-order valence-corrected chi connectivity index (χ1v) is 11.9. The van der Waals surface area contributed by atoms with E-state index >= 15 is 0 Å². The SMILES string of the molecule is COC1C(Nc2ccc(-n3cncn3)nc2C)NCCC1OC1CCN(C(=O)OC(C)C)CC1. The molecule has 0 saturated carbocycles. The van der Waals surface area contributed by atoms with Crippen molar-refractivity contribution in [2.45, 2.75) is 70.6 Å². The molecule has 4 heterocycles. The summed E-state index contributed by atoms with van der Waals surface area (Å²) in [5.74, 6) is 0.713. The maximum atomic E-state index is 12.1. The number of hydrogen-bond donors (Lipinski definition) is 2. The van der Waals surface area contributed by atoms with Gasteiger partial charge in [-0.1, -0.05) is 0 Å². The lowest BCUT2D eigenvalue weighted by Crippen LogP contribution is -2.58. The summed E-state index contributed by atoms with van der Waals surface area (Å²) in [6.07, 6.45) is 4.94. The highest BCUT2D eigenvalue weighted by Crippen LogP contribution is 2.25. The number of amides is 1. The number of nitrogens with zero attached hydrogens (tertiary/aromatic N) is 5. The van der Waals surface area contributed by atoms with Crippen LogP contribution in [-0.4, -0.2) is 88.1 Å². The van der Waals surface area contributed by atoms with E-state index in [4.69, 9.17) is 14.2 Å². The molecule has 0 spiro atoms. The normalized spacial score (nSPS) is 23.8. The molecule has 1 amide bonds. The summed E-state index contributed by atoms with van der Waals surface area (Å²) in [5.41, 5.74) is 1.77. The third-order valence-electron chi connectivity index (χ3n) is 6.20. The number of rotatable bonds is 7. The van der Waals surface area contributed by atoms with E-state index < -0.39 is 0 Å². The van der Waals surface area contributed by atoms with Crippen LogP contribution in [0.4, 0.5) is 10.5 Å². The molecule has 34 heavy (non-hydrogen) atoms. The fourth-order valence-corrected chi connectivity index (χ4v) is 4.46. The first-order chi connectivity index (χ1) is 16.4. The van der Waals surface area contributed by atoms with E-state index in [-0.39, 0.29) is 36.7 Å². The number of anilines is 1. The van der Waals surface area contributed by atoms with Gasteiger partial charge in [0.15, 0.2) is 5.82 Å². The summed E-state index contributed by atoms with van der Waals surface area (Å²) in [6.45, 7) is 7.78. The third kappa shape index (κ3) is 5.83. The molecule has 11 heteroatoms. The van der Waals surface area contributed by atoms with Gasteiger partial charge in [-0.05, 0) is 58.7 Å². The Balaban J connectivity index is 1.34. The van der Waals surface area contributed by atoms with Gasteiger partial charge in [-0.3, -0.25) is 5.32 Å². The molecule has 2 aliphatic heterocycles. The van der Waals surface area contributed by atoms with Crippen LogP contribution in [-0.2, 0) is 14.2 Å². The minimum Gasteiger partial charge on any atom is -0.447 e. The molecule has 0 bridgehead atoms. The van der Waals surface area contributed by atoms with Crippen LogP contribution in [0, 0.1) is 6.92 Å². The van der Waals surface area contributed by atoms with Gasteiger partial charge >= 0.3 is 6.09 Å². The number of methoxy groups -OCH3 is 1. The summed E-state index contributed by atoms with van der Waals surface area (Å²) < 4.78 is 19.3. The molecule has 0 aromatic carbocycles. The number of ether oxygens (including phenoxy) is 3. The molecule has 2 aromatic heterocycles. The average molecular weight is 474 g/mol. The number of aryl methyl sites for hydroxylation is 1. The van der Waals surface area contributed by atoms with E-state index in [0.717, 1.165) is 37.2 Å². The monoisotopic (exact) mass is 473 g/mol. The molecule has 2 aliphatic rings. The minimum atomic E-state index is -0.242. The van der Waals surface area contributed by atoms with E-state index in [1.165, 1.54) is 6.33 Å². The Labute approximate surface area is 200 Å². The van der Waals surface area contributed by atoms with E-state index in [1.54, 1.807) is 23.0 Å². The van der Waals surface area contributed by atoms with Crippen molar-refractivity contribution in [3.05, 3.63) is 30.5 Å². The third-order valence-corrected chi connectivity index (χ3v) is 6.20. The molecule has 2 aromatic rings. The highest BCUT2D eigenvalue weighted by molar-refractivity contribution is 5.67. The second-order valence-electron chi connectivity index (χ2n) is 9.00. The minimum absolute atomic E-state index is 0.0504. The molecule has 4 rings (SSSR count). The Morgan fingerprint density at radius 1 is 1.24 bits per heavy atom. The lowest BCUT2D eigenvalue weighted by atomic mass is 10.0. The van der Waals surface area contributed by atoms with Crippen LogP contribution >= 0.6 is 0 Å². The average Bonchev–Trinajstić information content (AvgIpc) is 3.36. The van der Waals surface area contributed by atoms with Crippen molar-refractivity contribution in [3.63, 3.8) is 0 Å². The van der Waals surface area contributed by atoms with Gasteiger partial charge in [0.1, 0.15) is 24.9 Å². The Bertz CT molecular complexity index is 931. The van der Waals surface area contributed by atoms with Gasteiger partial charge < -0.3 is 24.4 Å². The number of carbonyl (C=O) groups is 1. The van der Waals surface area contributed by atoms with Crippen LogP contribution < -0.4 is 10.6 Å². The van der Waals surface area contributed by atoms with Crippen LogP contribution in [0.2, 0.25) is 0 Å². The van der Waals surface area contributed by atoms with Crippen LogP contribution in [0.1, 0.15) is 38.8 Å². The molecule has 186 valence electrons. The number of pyridine rings is 1. The standard InChI is InChI=1S/C23H35N7O4/c1-15(2)33-23(31)29-11-8-17(9-12-29)34-19-7-10-25-22(21(19)32-4)28-18-5-6-20(27-16(18)3)30-14-24-13-26-30/h5-6,13-15,17,19,21-22,25,28H,7-12H2,1-4H3. The van der Waals surface area contributed by atoms with E-state index in [1.807, 2.05) is 32.9 Å². The zero-order valence-electron chi connectivity index (χ0n) is 20.3. The second-order valence-corrected chi connectivity index (χ2v) is 9.00. The predicted molar refractivity (Wildman–Crippen MR) is 126 cm³/mol. The molecule has 2 N–H and O–H groups in total. The lowest BCUT2D eigenvalue weighted by molar-refractivity contribution is -0.123. The molecule has 11 nitrogen and oxygen atoms in total. The summed E-state index contributed by atoms with van der Waals surface area (Å²) in [4.78, 5) is 22.5. The molecule has 0 radical (unpaired) electrons. The van der Waals surface area contributed by atoms with Crippen LogP contribution in [0.15, 0.2) is 24.8 Å². The van der Waals surface area contributed by atoms with Gasteiger partial charge in [-0.25, -0.2) is 19.4 Å². The zero-order valence-corrected chi connectivity index (χ0v) is 20.3. The van der Waals surface area contributed by atoms with Crippen molar-refractivity contribution in [2.24, 2.45) is 0 Å². The van der Waals surface area contributed by atoms with Gasteiger partial charge in [0, 0.05) is 20.2 Å². The molecule has 2 fully saturated rings. The summed E-state index contributed by atoms with van der Waals surface area (Å²) >= 11 is 0. The second kappa shape index (κ2) is 11.1. The van der Waals surface area contributed by atoms with Gasteiger partial charge in [0.05, 0.1) is 29.7 Å². The van der Waals surface area contributed by atoms with Crippen molar-refractivity contribution < 1.29 is 19.0 Å². The maximum Gasteiger partial charge on any atom is 0.410 e. The molecule has 0 aliphatic carbocycles. The Hall–Kier alpha value is -2.76. The Morgan fingerprint density at radius 3 is 2.68 bits per heavy atom. The van der Waals surface area contributed by atoms with Crippen LogP contribution in [0.3, 0.4) is 0 Å². The first-order valence-electron chi connectivity index (χ1n) is 11.9. The molecule has 2 saturated heterocycles. The van der Waals surface area contributed by atoms with Gasteiger partial charge in [0.2, 0.25) is 0 Å². The summed E-state index contributed by atoms with van der Waals surface area (Å²) in [5, 5.41) is 11.2. The molecular formula is C23H35N7O4. The number of piperidine rings is 2.